The highest BCUT2D eigenvalue weighted by atomic mass is 16.3. The predicted molar refractivity (Wildman–Crippen MR) is 163 cm³/mol. The first kappa shape index (κ1) is 21.2. The minimum atomic E-state index is -0.0541. The lowest BCUT2D eigenvalue weighted by atomic mass is 9.82. The van der Waals surface area contributed by atoms with Crippen LogP contribution in [0.25, 0.3) is 71.3 Å². The Labute approximate surface area is 225 Å². The maximum atomic E-state index is 6.33. The van der Waals surface area contributed by atoms with Crippen LogP contribution < -0.4 is 0 Å². The minimum absolute atomic E-state index is 0.0541. The van der Waals surface area contributed by atoms with Crippen molar-refractivity contribution in [3.05, 3.63) is 126 Å². The zero-order valence-corrected chi connectivity index (χ0v) is 21.8. The zero-order valence-electron chi connectivity index (χ0n) is 21.8. The van der Waals surface area contributed by atoms with Gasteiger partial charge in [-0.2, -0.15) is 0 Å². The molecule has 9 rings (SSSR count). The zero-order chi connectivity index (χ0) is 25.9. The molecule has 2 heterocycles. The number of furan rings is 1. The second-order valence-corrected chi connectivity index (χ2v) is 11.4. The van der Waals surface area contributed by atoms with Gasteiger partial charge in [-0.25, -0.2) is 0 Å². The summed E-state index contributed by atoms with van der Waals surface area (Å²) < 4.78 is 8.78. The van der Waals surface area contributed by atoms with Crippen LogP contribution in [0.3, 0.4) is 0 Å². The molecule has 0 fully saturated rings. The summed E-state index contributed by atoms with van der Waals surface area (Å²) in [5, 5.41) is 7.26. The molecular weight excluding hydrogens is 474 g/mol. The average molecular weight is 500 g/mol. The molecule has 0 spiro atoms. The van der Waals surface area contributed by atoms with Crippen molar-refractivity contribution in [1.82, 2.24) is 4.57 Å². The van der Waals surface area contributed by atoms with E-state index in [2.05, 4.69) is 128 Å². The molecule has 2 aromatic heterocycles. The molecule has 6 aromatic carbocycles. The summed E-state index contributed by atoms with van der Waals surface area (Å²) in [6.07, 6.45) is 0. The van der Waals surface area contributed by atoms with Crippen molar-refractivity contribution >= 4 is 54.5 Å². The van der Waals surface area contributed by atoms with Crippen molar-refractivity contribution in [3.8, 4) is 16.8 Å². The number of hydrogen-bond acceptors (Lipinski definition) is 1. The lowest BCUT2D eigenvalue weighted by Crippen LogP contribution is -2.15. The first-order valence-electron chi connectivity index (χ1n) is 13.6. The van der Waals surface area contributed by atoms with Gasteiger partial charge in [0.25, 0.3) is 0 Å². The number of benzene rings is 6. The van der Waals surface area contributed by atoms with Crippen molar-refractivity contribution in [2.45, 2.75) is 19.3 Å². The largest absolute Gasteiger partial charge is 0.456 e. The first-order valence-corrected chi connectivity index (χ1v) is 13.6. The fourth-order valence-corrected chi connectivity index (χ4v) is 7.03. The molecule has 39 heavy (non-hydrogen) atoms. The molecule has 0 saturated carbocycles. The minimum Gasteiger partial charge on any atom is -0.456 e. The van der Waals surface area contributed by atoms with E-state index in [0.717, 1.165) is 21.9 Å². The fourth-order valence-electron chi connectivity index (χ4n) is 7.03. The molecule has 1 aliphatic carbocycles. The topological polar surface area (TPSA) is 18.1 Å². The molecule has 8 aromatic rings. The Morgan fingerprint density at radius 3 is 2.10 bits per heavy atom. The maximum Gasteiger partial charge on any atom is 0.136 e. The second-order valence-electron chi connectivity index (χ2n) is 11.4. The molecular formula is C37H25NO. The summed E-state index contributed by atoms with van der Waals surface area (Å²) in [6.45, 7) is 4.70. The molecule has 2 nitrogen and oxygen atoms in total. The van der Waals surface area contributed by atoms with E-state index in [1.54, 1.807) is 0 Å². The Morgan fingerprint density at radius 2 is 1.21 bits per heavy atom. The number of fused-ring (bicyclic) bond motifs is 10. The maximum absolute atomic E-state index is 6.33. The van der Waals surface area contributed by atoms with Crippen LogP contribution in [0.4, 0.5) is 0 Å². The molecule has 0 N–H and O–H groups in total. The summed E-state index contributed by atoms with van der Waals surface area (Å²) >= 11 is 0. The number of rotatable bonds is 1. The van der Waals surface area contributed by atoms with Gasteiger partial charge in [0.05, 0.1) is 11.0 Å². The lowest BCUT2D eigenvalue weighted by molar-refractivity contribution is 0.660. The quantitative estimate of drug-likeness (QED) is 0.220. The summed E-state index contributed by atoms with van der Waals surface area (Å²) in [5.41, 5.74) is 10.9. The van der Waals surface area contributed by atoms with E-state index in [1.165, 1.54) is 60.5 Å². The average Bonchev–Trinajstić information content (AvgIpc) is 3.56. The van der Waals surface area contributed by atoms with Crippen molar-refractivity contribution in [2.24, 2.45) is 0 Å². The molecule has 0 amide bonds. The summed E-state index contributed by atoms with van der Waals surface area (Å²) in [5.74, 6) is 0. The molecule has 0 saturated heterocycles. The number of nitrogens with zero attached hydrogens (tertiary/aromatic N) is 1. The highest BCUT2D eigenvalue weighted by Crippen LogP contribution is 2.49. The Morgan fingerprint density at radius 1 is 0.513 bits per heavy atom. The van der Waals surface area contributed by atoms with E-state index in [-0.39, 0.29) is 5.41 Å². The van der Waals surface area contributed by atoms with Gasteiger partial charge in [-0.3, -0.25) is 0 Å². The Hall–Kier alpha value is -4.82. The van der Waals surface area contributed by atoms with Gasteiger partial charge in [0.1, 0.15) is 11.2 Å². The molecule has 0 unspecified atom stereocenters. The third kappa shape index (κ3) is 2.71. The summed E-state index contributed by atoms with van der Waals surface area (Å²) in [6, 6.07) is 42.1. The van der Waals surface area contributed by atoms with Gasteiger partial charge >= 0.3 is 0 Å². The van der Waals surface area contributed by atoms with Crippen LogP contribution in [0.5, 0.6) is 0 Å². The van der Waals surface area contributed by atoms with E-state index in [4.69, 9.17) is 4.42 Å². The Balaban J connectivity index is 1.42. The molecule has 0 radical (unpaired) electrons. The highest BCUT2D eigenvalue weighted by Gasteiger charge is 2.35. The van der Waals surface area contributed by atoms with Crippen LogP contribution in [-0.2, 0) is 5.41 Å². The molecule has 184 valence electrons. The van der Waals surface area contributed by atoms with E-state index >= 15 is 0 Å². The van der Waals surface area contributed by atoms with Crippen LogP contribution in [0.2, 0.25) is 0 Å². The van der Waals surface area contributed by atoms with Crippen LogP contribution in [0.1, 0.15) is 25.0 Å². The van der Waals surface area contributed by atoms with Gasteiger partial charge in [-0.1, -0.05) is 86.6 Å². The van der Waals surface area contributed by atoms with Gasteiger partial charge in [-0.05, 0) is 75.5 Å². The van der Waals surface area contributed by atoms with E-state index in [0.29, 0.717) is 0 Å². The third-order valence-corrected chi connectivity index (χ3v) is 8.96. The van der Waals surface area contributed by atoms with Crippen molar-refractivity contribution < 1.29 is 4.42 Å². The van der Waals surface area contributed by atoms with E-state index in [1.807, 2.05) is 6.07 Å². The van der Waals surface area contributed by atoms with Gasteiger partial charge in [0.2, 0.25) is 0 Å². The molecule has 0 aliphatic heterocycles. The molecule has 0 atom stereocenters. The standard InChI is InChI=1S/C37H25NO/c1-37(2)31-13-7-5-11-25(31)26-16-15-24(19-32(26)37)38-33-18-23-10-4-3-9-22(23)17-28(33)29-21-36-30(20-34(29)38)27-12-6-8-14-35(27)39-36/h3-21H,1-2H3. The predicted octanol–water partition coefficient (Wildman–Crippen LogP) is 10.1. The molecule has 2 heteroatoms. The molecule has 1 aliphatic rings. The SMILES string of the molecule is CC1(C)c2ccccc2-c2ccc(-n3c4cc5ccccc5cc4c4cc5oc6ccccc6c5cc43)cc21. The van der Waals surface area contributed by atoms with Crippen LogP contribution >= 0.6 is 0 Å². The number of aromatic nitrogens is 1. The van der Waals surface area contributed by atoms with Crippen molar-refractivity contribution in [3.63, 3.8) is 0 Å². The van der Waals surface area contributed by atoms with Gasteiger partial charge < -0.3 is 8.98 Å². The van der Waals surface area contributed by atoms with Crippen LogP contribution in [0.15, 0.2) is 120 Å². The van der Waals surface area contributed by atoms with E-state index in [9.17, 15) is 0 Å². The summed E-state index contributed by atoms with van der Waals surface area (Å²) in [4.78, 5) is 0. The third-order valence-electron chi connectivity index (χ3n) is 8.96. The highest BCUT2D eigenvalue weighted by molar-refractivity contribution is 6.19. The smallest absolute Gasteiger partial charge is 0.136 e. The van der Waals surface area contributed by atoms with Crippen molar-refractivity contribution in [2.75, 3.05) is 0 Å². The van der Waals surface area contributed by atoms with Gasteiger partial charge in [-0.15, -0.1) is 0 Å². The number of hydrogen-bond donors (Lipinski definition) is 0. The lowest BCUT2D eigenvalue weighted by Gasteiger charge is -2.22. The van der Waals surface area contributed by atoms with Crippen molar-refractivity contribution in [1.29, 1.82) is 0 Å². The Kier molecular flexibility index (Phi) is 3.89. The summed E-state index contributed by atoms with van der Waals surface area (Å²) in [7, 11) is 0. The monoisotopic (exact) mass is 499 g/mol. The van der Waals surface area contributed by atoms with Gasteiger partial charge in [0, 0.05) is 32.6 Å². The number of para-hydroxylation sites is 1. The molecule has 0 bridgehead atoms. The normalized spacial score (nSPS) is 14.1. The first-order chi connectivity index (χ1) is 19.1. The van der Waals surface area contributed by atoms with Crippen LogP contribution in [-0.4, -0.2) is 4.57 Å². The van der Waals surface area contributed by atoms with E-state index < -0.39 is 0 Å². The fraction of sp³-hybridized carbons (Fsp3) is 0.0811. The van der Waals surface area contributed by atoms with Gasteiger partial charge in [0.15, 0.2) is 0 Å². The second kappa shape index (κ2) is 7.18. The van der Waals surface area contributed by atoms with Crippen LogP contribution in [0, 0.1) is 0 Å². The Bertz CT molecular complexity index is 2310.